The molecule has 9 heteroatoms. The van der Waals surface area contributed by atoms with Crippen molar-refractivity contribution in [2.24, 2.45) is 7.05 Å². The van der Waals surface area contributed by atoms with E-state index in [0.29, 0.717) is 24.0 Å². The number of esters is 1. The number of benzene rings is 2. The molecule has 1 amide bonds. The van der Waals surface area contributed by atoms with Crippen LogP contribution in [0.1, 0.15) is 19.3 Å². The Morgan fingerprint density at radius 1 is 1.14 bits per heavy atom. The Hall–Kier alpha value is -4.14. The third-order valence-corrected chi connectivity index (χ3v) is 6.63. The molecule has 0 bridgehead atoms. The summed E-state index contributed by atoms with van der Waals surface area (Å²) in [5.74, 6) is -0.685. The predicted molar refractivity (Wildman–Crippen MR) is 134 cm³/mol. The number of nitrogens with one attached hydrogen (secondary N) is 1. The van der Waals surface area contributed by atoms with Crippen LogP contribution in [-0.2, 0) is 27.9 Å². The van der Waals surface area contributed by atoms with Crippen LogP contribution in [0.25, 0.3) is 21.7 Å². The van der Waals surface area contributed by atoms with Crippen molar-refractivity contribution in [3.63, 3.8) is 0 Å². The number of piperidine rings is 1. The molecule has 1 saturated heterocycles. The van der Waals surface area contributed by atoms with Gasteiger partial charge in [0.15, 0.2) is 0 Å². The van der Waals surface area contributed by atoms with Crippen molar-refractivity contribution in [1.82, 2.24) is 19.2 Å². The molecule has 1 N–H and O–H groups in total. The molecule has 0 radical (unpaired) electrons. The van der Waals surface area contributed by atoms with Gasteiger partial charge in [0.1, 0.15) is 12.6 Å². The van der Waals surface area contributed by atoms with E-state index in [9.17, 15) is 14.4 Å². The van der Waals surface area contributed by atoms with E-state index in [1.165, 1.54) is 11.7 Å². The lowest BCUT2D eigenvalue weighted by atomic mass is 10.0. The number of carbonyl (C=O) groups excluding carboxylic acids is 2. The number of pyridine rings is 1. The number of fused-ring (bicyclic) bond motifs is 2. The summed E-state index contributed by atoms with van der Waals surface area (Å²) in [4.78, 5) is 40.3. The Kier molecular flexibility index (Phi) is 5.98. The number of aryl methyl sites for hydroxylation is 1. The first-order chi connectivity index (χ1) is 17.0. The minimum Gasteiger partial charge on any atom is -0.467 e. The van der Waals surface area contributed by atoms with E-state index in [0.717, 1.165) is 34.8 Å². The largest absolute Gasteiger partial charge is 0.467 e. The van der Waals surface area contributed by atoms with Crippen LogP contribution >= 0.6 is 0 Å². The number of aromatic nitrogens is 3. The lowest BCUT2D eigenvalue weighted by molar-refractivity contribution is -0.154. The summed E-state index contributed by atoms with van der Waals surface area (Å²) in [5, 5.41) is 9.89. The number of amides is 1. The molecule has 180 valence electrons. The molecule has 2 aromatic heterocycles. The van der Waals surface area contributed by atoms with Crippen molar-refractivity contribution >= 4 is 44.9 Å². The quantitative estimate of drug-likeness (QED) is 0.447. The van der Waals surface area contributed by atoms with Gasteiger partial charge in [-0.15, -0.1) is 0 Å². The molecule has 1 unspecified atom stereocenters. The SMILES string of the molecule is COC(=O)C1CCCCN1C(=O)Cn1ccc2cccc(Nc3ccc4c(cnn4C)c3)c2c1=O. The monoisotopic (exact) mass is 473 g/mol. The zero-order valence-corrected chi connectivity index (χ0v) is 19.7. The second-order valence-corrected chi connectivity index (χ2v) is 8.81. The third-order valence-electron chi connectivity index (χ3n) is 6.63. The average Bonchev–Trinajstić information content (AvgIpc) is 3.25. The van der Waals surface area contributed by atoms with Gasteiger partial charge < -0.3 is 19.5 Å². The van der Waals surface area contributed by atoms with E-state index in [4.69, 9.17) is 4.74 Å². The molecule has 3 heterocycles. The van der Waals surface area contributed by atoms with Crippen molar-refractivity contribution in [1.29, 1.82) is 0 Å². The number of methoxy groups -OCH3 is 1. The third kappa shape index (κ3) is 4.25. The van der Waals surface area contributed by atoms with Gasteiger partial charge in [0.05, 0.1) is 29.9 Å². The summed E-state index contributed by atoms with van der Waals surface area (Å²) in [7, 11) is 3.22. The molecule has 1 aliphatic rings. The van der Waals surface area contributed by atoms with Gasteiger partial charge in [-0.3, -0.25) is 14.3 Å². The number of anilines is 2. The standard InChI is InChI=1S/C26H27N5O4/c1-29-21-10-9-19(14-18(21)15-27-29)28-20-7-5-6-17-11-13-30(25(33)24(17)20)16-23(32)31-12-4-3-8-22(31)26(34)35-2/h5-7,9-11,13-15,22,28H,3-4,8,12,16H2,1-2H3. The second kappa shape index (κ2) is 9.25. The zero-order valence-electron chi connectivity index (χ0n) is 19.7. The maximum atomic E-state index is 13.5. The van der Waals surface area contributed by atoms with E-state index in [1.54, 1.807) is 22.0 Å². The summed E-state index contributed by atoms with van der Waals surface area (Å²) in [6, 6.07) is 12.7. The zero-order chi connectivity index (χ0) is 24.5. The van der Waals surface area contributed by atoms with E-state index in [2.05, 4.69) is 10.4 Å². The second-order valence-electron chi connectivity index (χ2n) is 8.81. The fraction of sp³-hybridized carbons (Fsp3) is 0.308. The average molecular weight is 474 g/mol. The van der Waals surface area contributed by atoms with Crippen LogP contribution in [0.15, 0.2) is 59.7 Å². The Bertz CT molecular complexity index is 1490. The van der Waals surface area contributed by atoms with Gasteiger partial charge in [-0.1, -0.05) is 12.1 Å². The van der Waals surface area contributed by atoms with E-state index < -0.39 is 12.0 Å². The summed E-state index contributed by atoms with van der Waals surface area (Å²) >= 11 is 0. The number of ether oxygens (including phenoxy) is 1. The normalized spacial score (nSPS) is 15.9. The van der Waals surface area contributed by atoms with Crippen LogP contribution in [0.4, 0.5) is 11.4 Å². The van der Waals surface area contributed by atoms with Gasteiger partial charge in [0.25, 0.3) is 5.56 Å². The minimum absolute atomic E-state index is 0.141. The maximum absolute atomic E-state index is 13.5. The molecule has 0 saturated carbocycles. The first-order valence-electron chi connectivity index (χ1n) is 11.6. The Morgan fingerprint density at radius 3 is 2.83 bits per heavy atom. The van der Waals surface area contributed by atoms with Crippen molar-refractivity contribution in [2.45, 2.75) is 31.8 Å². The van der Waals surface area contributed by atoms with Crippen LogP contribution in [0.5, 0.6) is 0 Å². The molecule has 1 fully saturated rings. The topological polar surface area (TPSA) is 98.5 Å². The van der Waals surface area contributed by atoms with Crippen LogP contribution < -0.4 is 10.9 Å². The molecule has 1 atom stereocenters. The molecule has 4 aromatic rings. The fourth-order valence-corrected chi connectivity index (χ4v) is 4.80. The molecule has 9 nitrogen and oxygen atoms in total. The van der Waals surface area contributed by atoms with Crippen molar-refractivity contribution < 1.29 is 14.3 Å². The summed E-state index contributed by atoms with van der Waals surface area (Å²) in [5.41, 5.74) is 2.23. The van der Waals surface area contributed by atoms with Crippen LogP contribution in [0.2, 0.25) is 0 Å². The van der Waals surface area contributed by atoms with Gasteiger partial charge in [-0.2, -0.15) is 5.10 Å². The van der Waals surface area contributed by atoms with Crippen LogP contribution in [-0.4, -0.2) is 50.8 Å². The molecule has 5 rings (SSSR count). The maximum Gasteiger partial charge on any atom is 0.328 e. The number of hydrogen-bond acceptors (Lipinski definition) is 6. The summed E-state index contributed by atoms with van der Waals surface area (Å²) < 4.78 is 8.10. The predicted octanol–water partition coefficient (Wildman–Crippen LogP) is 3.19. The van der Waals surface area contributed by atoms with E-state index >= 15 is 0 Å². The number of hydrogen-bond donors (Lipinski definition) is 1. The Labute approximate surface area is 201 Å². The van der Waals surface area contributed by atoms with Gasteiger partial charge in [0.2, 0.25) is 5.91 Å². The molecular weight excluding hydrogens is 446 g/mol. The molecule has 35 heavy (non-hydrogen) atoms. The fourth-order valence-electron chi connectivity index (χ4n) is 4.80. The van der Waals surface area contributed by atoms with Crippen molar-refractivity contribution in [3.05, 3.63) is 65.2 Å². The number of carbonyl (C=O) groups is 2. The number of rotatable bonds is 5. The molecule has 0 aliphatic carbocycles. The molecular formula is C26H27N5O4. The van der Waals surface area contributed by atoms with Gasteiger partial charge in [-0.25, -0.2) is 4.79 Å². The summed E-state index contributed by atoms with van der Waals surface area (Å²) in [6.07, 6.45) is 5.68. The highest BCUT2D eigenvalue weighted by molar-refractivity contribution is 5.95. The number of nitrogens with zero attached hydrogens (tertiary/aromatic N) is 4. The van der Waals surface area contributed by atoms with Crippen LogP contribution in [0.3, 0.4) is 0 Å². The van der Waals surface area contributed by atoms with E-state index in [-0.39, 0.29) is 18.0 Å². The van der Waals surface area contributed by atoms with Crippen molar-refractivity contribution in [2.75, 3.05) is 19.0 Å². The Balaban J connectivity index is 1.46. The van der Waals surface area contributed by atoms with Gasteiger partial charge in [-0.05, 0) is 55.0 Å². The lowest BCUT2D eigenvalue weighted by Crippen LogP contribution is -2.50. The van der Waals surface area contributed by atoms with E-state index in [1.807, 2.05) is 49.5 Å². The highest BCUT2D eigenvalue weighted by Crippen LogP contribution is 2.26. The molecule has 1 aliphatic heterocycles. The highest BCUT2D eigenvalue weighted by Gasteiger charge is 2.32. The van der Waals surface area contributed by atoms with Crippen LogP contribution in [0, 0.1) is 0 Å². The number of likely N-dealkylation sites (tertiary alicyclic amines) is 1. The summed E-state index contributed by atoms with van der Waals surface area (Å²) in [6.45, 7) is 0.336. The highest BCUT2D eigenvalue weighted by atomic mass is 16.5. The molecule has 2 aromatic carbocycles. The minimum atomic E-state index is -0.600. The lowest BCUT2D eigenvalue weighted by Gasteiger charge is -2.33. The Morgan fingerprint density at radius 2 is 2.00 bits per heavy atom. The van der Waals surface area contributed by atoms with Crippen molar-refractivity contribution in [3.8, 4) is 0 Å². The smallest absolute Gasteiger partial charge is 0.328 e. The van der Waals surface area contributed by atoms with Gasteiger partial charge >= 0.3 is 5.97 Å². The van der Waals surface area contributed by atoms with Gasteiger partial charge in [0, 0.05) is 30.9 Å². The molecule has 0 spiro atoms. The first-order valence-corrected chi connectivity index (χ1v) is 11.6. The first kappa shape index (κ1) is 22.6.